The lowest BCUT2D eigenvalue weighted by atomic mass is 10.1. The fourth-order valence-electron chi connectivity index (χ4n) is 3.55. The number of pyridine rings is 1. The molecule has 0 aliphatic carbocycles. The molecule has 0 atom stereocenters. The molecule has 3 rings (SSSR count). The van der Waals surface area contributed by atoms with Crippen LogP contribution in [0.2, 0.25) is 0 Å². The maximum absolute atomic E-state index is 14.9. The van der Waals surface area contributed by atoms with E-state index in [9.17, 15) is 23.9 Å². The molecule has 0 radical (unpaired) electrons. The number of amides is 1. The van der Waals surface area contributed by atoms with Crippen molar-refractivity contribution in [2.24, 2.45) is 0 Å². The largest absolute Gasteiger partial charge is 0.462 e. The van der Waals surface area contributed by atoms with E-state index in [1.165, 1.54) is 13.1 Å². The van der Waals surface area contributed by atoms with Crippen LogP contribution in [0.15, 0.2) is 23.1 Å². The van der Waals surface area contributed by atoms with Crippen LogP contribution in [0.5, 0.6) is 0 Å². The molecular weight excluding hydrogens is 381 g/mol. The monoisotopic (exact) mass is 405 g/mol. The number of nitrogens with zero attached hydrogens (tertiary/aromatic N) is 3. The minimum Gasteiger partial charge on any atom is -0.462 e. The third kappa shape index (κ3) is 4.09. The third-order valence-corrected chi connectivity index (χ3v) is 5.05. The van der Waals surface area contributed by atoms with Gasteiger partial charge in [0.2, 0.25) is 11.3 Å². The number of hydrogen-bond donors (Lipinski definition) is 1. The molecule has 1 aromatic carbocycles. The zero-order valence-electron chi connectivity index (χ0n) is 16.5. The van der Waals surface area contributed by atoms with Crippen LogP contribution in [-0.4, -0.2) is 65.8 Å². The van der Waals surface area contributed by atoms with Gasteiger partial charge in [0.05, 0.1) is 24.4 Å². The number of aliphatic hydroxyl groups is 1. The molecule has 1 saturated heterocycles. The number of anilines is 1. The predicted molar refractivity (Wildman–Crippen MR) is 106 cm³/mol. The zero-order valence-corrected chi connectivity index (χ0v) is 16.5. The van der Waals surface area contributed by atoms with E-state index in [1.54, 1.807) is 22.5 Å². The van der Waals surface area contributed by atoms with Crippen LogP contribution in [0.25, 0.3) is 10.9 Å². The van der Waals surface area contributed by atoms with Crippen molar-refractivity contribution in [1.29, 1.82) is 0 Å². The van der Waals surface area contributed by atoms with Crippen molar-refractivity contribution in [1.82, 2.24) is 9.47 Å². The number of carbonyl (C=O) groups excluding carboxylic acids is 2. The molecule has 1 fully saturated rings. The number of fused-ring (bicyclic) bond motifs is 1. The van der Waals surface area contributed by atoms with Crippen LogP contribution < -0.4 is 10.3 Å². The molecule has 1 aliphatic heterocycles. The highest BCUT2D eigenvalue weighted by atomic mass is 19.1. The van der Waals surface area contributed by atoms with Crippen LogP contribution in [-0.2, 0) is 16.1 Å². The summed E-state index contributed by atoms with van der Waals surface area (Å²) < 4.78 is 21.4. The molecule has 29 heavy (non-hydrogen) atoms. The van der Waals surface area contributed by atoms with E-state index in [4.69, 9.17) is 4.74 Å². The third-order valence-electron chi connectivity index (χ3n) is 5.05. The van der Waals surface area contributed by atoms with E-state index >= 15 is 0 Å². The molecule has 2 aromatic rings. The van der Waals surface area contributed by atoms with Crippen molar-refractivity contribution in [3.8, 4) is 0 Å². The van der Waals surface area contributed by atoms with E-state index in [0.29, 0.717) is 37.4 Å². The van der Waals surface area contributed by atoms with Gasteiger partial charge in [-0.15, -0.1) is 0 Å². The Bertz CT molecular complexity index is 996. The van der Waals surface area contributed by atoms with E-state index in [1.807, 2.05) is 4.90 Å². The summed E-state index contributed by atoms with van der Waals surface area (Å²) in [6, 6.07) is 2.68. The molecule has 0 spiro atoms. The summed E-state index contributed by atoms with van der Waals surface area (Å²) in [6.07, 6.45) is 1.34. The first kappa shape index (κ1) is 20.8. The first-order valence-corrected chi connectivity index (χ1v) is 9.52. The highest BCUT2D eigenvalue weighted by Crippen LogP contribution is 2.26. The zero-order chi connectivity index (χ0) is 21.1. The number of benzene rings is 1. The first-order chi connectivity index (χ1) is 13.9. The fourth-order valence-corrected chi connectivity index (χ4v) is 3.55. The van der Waals surface area contributed by atoms with Gasteiger partial charge < -0.3 is 24.2 Å². The lowest BCUT2D eigenvalue weighted by Gasteiger charge is -2.36. The Morgan fingerprint density at radius 3 is 2.48 bits per heavy atom. The summed E-state index contributed by atoms with van der Waals surface area (Å²) >= 11 is 0. The average Bonchev–Trinajstić information content (AvgIpc) is 2.70. The van der Waals surface area contributed by atoms with Gasteiger partial charge in [-0.1, -0.05) is 0 Å². The molecule has 1 amide bonds. The number of carbonyl (C=O) groups is 2. The van der Waals surface area contributed by atoms with Gasteiger partial charge in [-0.3, -0.25) is 9.59 Å². The van der Waals surface area contributed by atoms with Gasteiger partial charge in [0.25, 0.3) is 0 Å². The molecule has 8 nitrogen and oxygen atoms in total. The Morgan fingerprint density at radius 1 is 1.21 bits per heavy atom. The van der Waals surface area contributed by atoms with E-state index in [2.05, 4.69) is 0 Å². The van der Waals surface area contributed by atoms with Crippen LogP contribution >= 0.6 is 0 Å². The van der Waals surface area contributed by atoms with Crippen LogP contribution in [0.1, 0.15) is 24.2 Å². The number of esters is 1. The van der Waals surface area contributed by atoms with Crippen molar-refractivity contribution >= 4 is 28.5 Å². The van der Waals surface area contributed by atoms with Gasteiger partial charge in [0, 0.05) is 51.2 Å². The Balaban J connectivity index is 2.07. The second kappa shape index (κ2) is 8.60. The Hall–Kier alpha value is -2.94. The number of piperazine rings is 1. The van der Waals surface area contributed by atoms with Crippen LogP contribution in [0, 0.1) is 5.82 Å². The van der Waals surface area contributed by atoms with Gasteiger partial charge >= 0.3 is 5.97 Å². The van der Waals surface area contributed by atoms with Crippen LogP contribution in [0.3, 0.4) is 0 Å². The van der Waals surface area contributed by atoms with Crippen molar-refractivity contribution in [3.63, 3.8) is 0 Å². The summed E-state index contributed by atoms with van der Waals surface area (Å²) in [5, 5.41) is 9.45. The average molecular weight is 405 g/mol. The number of halogens is 1. The van der Waals surface area contributed by atoms with Crippen molar-refractivity contribution in [2.75, 3.05) is 44.3 Å². The summed E-state index contributed by atoms with van der Waals surface area (Å²) in [5.74, 6) is -1.38. The lowest BCUT2D eigenvalue weighted by molar-refractivity contribution is -0.129. The quantitative estimate of drug-likeness (QED) is 0.746. The molecule has 156 valence electrons. The molecule has 0 bridgehead atoms. The summed E-state index contributed by atoms with van der Waals surface area (Å²) in [5.41, 5.74) is -0.0762. The number of aliphatic hydroxyl groups excluding tert-OH is 1. The van der Waals surface area contributed by atoms with Gasteiger partial charge in [0.15, 0.2) is 0 Å². The lowest BCUT2D eigenvalue weighted by Crippen LogP contribution is -2.48. The smallest absolute Gasteiger partial charge is 0.343 e. The van der Waals surface area contributed by atoms with E-state index in [0.717, 1.165) is 6.07 Å². The molecule has 9 heteroatoms. The second-order valence-corrected chi connectivity index (χ2v) is 6.82. The molecule has 1 N–H and O–H groups in total. The molecule has 0 saturated carbocycles. The van der Waals surface area contributed by atoms with Crippen molar-refractivity contribution in [3.05, 3.63) is 39.9 Å². The minimum absolute atomic E-state index is 0.0214. The normalized spacial score (nSPS) is 14.3. The highest BCUT2D eigenvalue weighted by Gasteiger charge is 2.23. The fraction of sp³-hybridized carbons (Fsp3) is 0.450. The Morgan fingerprint density at radius 2 is 1.90 bits per heavy atom. The van der Waals surface area contributed by atoms with Gasteiger partial charge in [0.1, 0.15) is 11.4 Å². The summed E-state index contributed by atoms with van der Waals surface area (Å²) in [6.45, 7) is 5.05. The predicted octanol–water partition coefficient (Wildman–Crippen LogP) is 0.978. The van der Waals surface area contributed by atoms with Gasteiger partial charge in [-0.25, -0.2) is 9.18 Å². The number of rotatable bonds is 5. The standard InChI is InChI=1S/C20H24FN3O5/c1-3-29-20(28)15-12-24(8-9-25)17-11-18(16(21)10-14(17)19(15)27)23-6-4-22(5-7-23)13(2)26/h10-12,25H,3-9H2,1-2H3. The summed E-state index contributed by atoms with van der Waals surface area (Å²) in [7, 11) is 0. The van der Waals surface area contributed by atoms with E-state index < -0.39 is 17.2 Å². The van der Waals surface area contributed by atoms with Gasteiger partial charge in [-0.2, -0.15) is 0 Å². The number of aromatic nitrogens is 1. The highest BCUT2D eigenvalue weighted by molar-refractivity contribution is 5.94. The summed E-state index contributed by atoms with van der Waals surface area (Å²) in [4.78, 5) is 39.9. The first-order valence-electron chi connectivity index (χ1n) is 9.52. The van der Waals surface area contributed by atoms with E-state index in [-0.39, 0.29) is 36.6 Å². The second-order valence-electron chi connectivity index (χ2n) is 6.82. The van der Waals surface area contributed by atoms with Gasteiger partial charge in [-0.05, 0) is 19.1 Å². The topological polar surface area (TPSA) is 92.1 Å². The molecule has 2 heterocycles. The maximum Gasteiger partial charge on any atom is 0.343 e. The molecular formula is C20H24FN3O5. The molecule has 1 aliphatic rings. The van der Waals surface area contributed by atoms with Crippen molar-refractivity contribution in [2.45, 2.75) is 20.4 Å². The minimum atomic E-state index is -0.782. The molecule has 0 unspecified atom stereocenters. The Kier molecular flexibility index (Phi) is 6.17. The Labute approximate surface area is 167 Å². The van der Waals surface area contributed by atoms with Crippen molar-refractivity contribution < 1.29 is 23.8 Å². The number of ether oxygens (including phenoxy) is 1. The van der Waals surface area contributed by atoms with Crippen LogP contribution in [0.4, 0.5) is 10.1 Å². The molecule has 1 aromatic heterocycles. The maximum atomic E-state index is 14.9. The SMILES string of the molecule is CCOC(=O)c1cn(CCO)c2cc(N3CCN(C(C)=O)CC3)c(F)cc2c1=O. The number of hydrogen-bond acceptors (Lipinski definition) is 6.